The fourth-order valence-corrected chi connectivity index (χ4v) is 2.53. The molecule has 0 radical (unpaired) electrons. The summed E-state index contributed by atoms with van der Waals surface area (Å²) in [7, 11) is 0. The van der Waals surface area contributed by atoms with Gasteiger partial charge < -0.3 is 10.2 Å². The molecule has 0 saturated carbocycles. The number of nitrogens with zero attached hydrogens (tertiary/aromatic N) is 1. The lowest BCUT2D eigenvalue weighted by Crippen LogP contribution is -2.36. The van der Waals surface area contributed by atoms with Crippen LogP contribution in [0.15, 0.2) is 48.5 Å². The van der Waals surface area contributed by atoms with E-state index in [0.29, 0.717) is 11.6 Å². The number of benzene rings is 2. The van der Waals surface area contributed by atoms with Crippen LogP contribution in [-0.2, 0) is 15.8 Å². The van der Waals surface area contributed by atoms with Crippen LogP contribution in [0.2, 0.25) is 0 Å². The van der Waals surface area contributed by atoms with E-state index in [9.17, 15) is 22.8 Å². The van der Waals surface area contributed by atoms with Crippen LogP contribution >= 0.6 is 0 Å². The van der Waals surface area contributed by atoms with Crippen molar-refractivity contribution in [2.75, 3.05) is 16.8 Å². The number of carbonyl (C=O) groups is 2. The summed E-state index contributed by atoms with van der Waals surface area (Å²) >= 11 is 0. The molecule has 27 heavy (non-hydrogen) atoms. The molecule has 2 aromatic carbocycles. The molecule has 0 spiro atoms. The average molecular weight is 378 g/mol. The highest BCUT2D eigenvalue weighted by atomic mass is 19.4. The Bertz CT molecular complexity index is 815. The van der Waals surface area contributed by atoms with Gasteiger partial charge in [-0.25, -0.2) is 0 Å². The van der Waals surface area contributed by atoms with Crippen molar-refractivity contribution < 1.29 is 22.8 Å². The maximum Gasteiger partial charge on any atom is 0.416 e. The lowest BCUT2D eigenvalue weighted by molar-refractivity contribution is -0.137. The number of nitrogens with one attached hydrogen (secondary N) is 1. The van der Waals surface area contributed by atoms with Crippen LogP contribution in [0, 0.1) is 0 Å². The van der Waals surface area contributed by atoms with E-state index in [1.54, 1.807) is 12.1 Å². The normalized spacial score (nSPS) is 11.4. The number of alkyl halides is 3. The molecule has 144 valence electrons. The van der Waals surface area contributed by atoms with Crippen molar-refractivity contribution in [1.29, 1.82) is 0 Å². The smallest absolute Gasteiger partial charge is 0.325 e. The highest BCUT2D eigenvalue weighted by Gasteiger charge is 2.31. The van der Waals surface area contributed by atoms with Crippen molar-refractivity contribution in [3.8, 4) is 0 Å². The van der Waals surface area contributed by atoms with E-state index in [4.69, 9.17) is 0 Å². The Hall–Kier alpha value is -2.83. The summed E-state index contributed by atoms with van der Waals surface area (Å²) in [5.41, 5.74) is 0.804. The van der Waals surface area contributed by atoms with Crippen molar-refractivity contribution in [1.82, 2.24) is 0 Å². The number of hydrogen-bond acceptors (Lipinski definition) is 2. The summed E-state index contributed by atoms with van der Waals surface area (Å²) < 4.78 is 38.7. The van der Waals surface area contributed by atoms with Gasteiger partial charge in [-0.15, -0.1) is 0 Å². The maximum absolute atomic E-state index is 12.9. The molecule has 0 aliphatic heterocycles. The molecule has 0 bridgehead atoms. The van der Waals surface area contributed by atoms with Crippen molar-refractivity contribution in [3.05, 3.63) is 59.7 Å². The fourth-order valence-electron chi connectivity index (χ4n) is 2.53. The van der Waals surface area contributed by atoms with Gasteiger partial charge in [0.25, 0.3) is 0 Å². The zero-order valence-electron chi connectivity index (χ0n) is 15.3. The first-order chi connectivity index (χ1) is 12.6. The third-order valence-corrected chi connectivity index (χ3v) is 4.03. The first-order valence-corrected chi connectivity index (χ1v) is 8.43. The predicted molar refractivity (Wildman–Crippen MR) is 98.6 cm³/mol. The number of hydrogen-bond donors (Lipinski definition) is 1. The molecule has 2 aromatic rings. The van der Waals surface area contributed by atoms with Gasteiger partial charge in [0, 0.05) is 18.3 Å². The number of halogens is 3. The van der Waals surface area contributed by atoms with Crippen LogP contribution in [-0.4, -0.2) is 18.4 Å². The van der Waals surface area contributed by atoms with Gasteiger partial charge in [-0.3, -0.25) is 9.59 Å². The summed E-state index contributed by atoms with van der Waals surface area (Å²) in [5.74, 6) is -0.677. The summed E-state index contributed by atoms with van der Waals surface area (Å²) in [6.07, 6.45) is -4.53. The molecule has 2 amide bonds. The minimum absolute atomic E-state index is 0.0163. The molecule has 0 unspecified atom stereocenters. The Morgan fingerprint density at radius 3 is 2.22 bits per heavy atom. The van der Waals surface area contributed by atoms with Crippen LogP contribution in [0.25, 0.3) is 0 Å². The summed E-state index contributed by atoms with van der Waals surface area (Å²) in [6.45, 7) is 4.91. The van der Waals surface area contributed by atoms with Gasteiger partial charge in [0.15, 0.2) is 0 Å². The molecule has 0 aliphatic carbocycles. The molecule has 1 N–H and O–H groups in total. The maximum atomic E-state index is 12.9. The van der Waals surface area contributed by atoms with E-state index in [1.807, 2.05) is 26.0 Å². The minimum Gasteiger partial charge on any atom is -0.325 e. The molecule has 0 saturated heterocycles. The van der Waals surface area contributed by atoms with E-state index < -0.39 is 23.6 Å². The summed E-state index contributed by atoms with van der Waals surface area (Å²) in [5, 5.41) is 2.65. The van der Waals surface area contributed by atoms with Gasteiger partial charge in [0.05, 0.1) is 5.56 Å². The fraction of sp³-hybridized carbons (Fsp3) is 0.300. The van der Waals surface area contributed by atoms with E-state index >= 15 is 0 Å². The Balaban J connectivity index is 2.14. The van der Waals surface area contributed by atoms with Crippen LogP contribution < -0.4 is 10.2 Å². The summed E-state index contributed by atoms with van der Waals surface area (Å²) in [6, 6.07) is 11.6. The molecule has 4 nitrogen and oxygen atoms in total. The third-order valence-electron chi connectivity index (χ3n) is 4.03. The first kappa shape index (κ1) is 20.5. The van der Waals surface area contributed by atoms with Crippen molar-refractivity contribution in [2.24, 2.45) is 0 Å². The second-order valence-electron chi connectivity index (χ2n) is 6.48. The number of amides is 2. The Kier molecular flexibility index (Phi) is 6.25. The average Bonchev–Trinajstić information content (AvgIpc) is 2.59. The Morgan fingerprint density at radius 1 is 1.07 bits per heavy atom. The van der Waals surface area contributed by atoms with Gasteiger partial charge >= 0.3 is 6.18 Å². The topological polar surface area (TPSA) is 49.4 Å². The zero-order valence-corrected chi connectivity index (χ0v) is 15.3. The predicted octanol–water partition coefficient (Wildman–Crippen LogP) is 4.82. The SMILES string of the molecule is CC(=O)N(CC(=O)Nc1ccc(C(C)C)cc1)c1cccc(C(F)(F)F)c1. The third kappa shape index (κ3) is 5.57. The lowest BCUT2D eigenvalue weighted by atomic mass is 10.0. The van der Waals surface area contributed by atoms with Gasteiger partial charge in [0.2, 0.25) is 11.8 Å². The van der Waals surface area contributed by atoms with Crippen LogP contribution in [0.4, 0.5) is 24.5 Å². The monoisotopic (exact) mass is 378 g/mol. The standard InChI is InChI=1S/C20H21F3N2O2/c1-13(2)15-7-9-17(10-8-15)24-19(27)12-25(14(3)26)18-6-4-5-16(11-18)20(21,22)23/h4-11,13H,12H2,1-3H3,(H,24,27). The summed E-state index contributed by atoms with van der Waals surface area (Å²) in [4.78, 5) is 25.2. The van der Waals surface area contributed by atoms with Crippen molar-refractivity contribution >= 4 is 23.2 Å². The first-order valence-electron chi connectivity index (χ1n) is 8.43. The van der Waals surface area contributed by atoms with Crippen molar-refractivity contribution in [2.45, 2.75) is 32.9 Å². The molecular weight excluding hydrogens is 357 g/mol. The molecular formula is C20H21F3N2O2. The molecule has 0 atom stereocenters. The number of anilines is 2. The molecule has 0 heterocycles. The second-order valence-corrected chi connectivity index (χ2v) is 6.48. The largest absolute Gasteiger partial charge is 0.416 e. The van der Waals surface area contributed by atoms with Gasteiger partial charge in [-0.1, -0.05) is 32.0 Å². The lowest BCUT2D eigenvalue weighted by Gasteiger charge is -2.22. The van der Waals surface area contributed by atoms with E-state index in [0.717, 1.165) is 22.6 Å². The number of carbonyl (C=O) groups excluding carboxylic acids is 2. The van der Waals surface area contributed by atoms with Gasteiger partial charge in [0.1, 0.15) is 6.54 Å². The van der Waals surface area contributed by atoms with Crippen molar-refractivity contribution in [3.63, 3.8) is 0 Å². The number of rotatable bonds is 5. The van der Waals surface area contributed by atoms with Gasteiger partial charge in [-0.2, -0.15) is 13.2 Å². The highest BCUT2D eigenvalue weighted by molar-refractivity contribution is 6.01. The molecule has 2 rings (SSSR count). The Labute approximate surface area is 156 Å². The molecule has 0 aromatic heterocycles. The van der Waals surface area contributed by atoms with Gasteiger partial charge in [-0.05, 0) is 41.8 Å². The van der Waals surface area contributed by atoms with Crippen LogP contribution in [0.1, 0.15) is 37.8 Å². The van der Waals surface area contributed by atoms with E-state index in [-0.39, 0.29) is 12.2 Å². The Morgan fingerprint density at radius 2 is 1.70 bits per heavy atom. The zero-order chi connectivity index (χ0) is 20.2. The molecule has 7 heteroatoms. The quantitative estimate of drug-likeness (QED) is 0.811. The van der Waals surface area contributed by atoms with Crippen LogP contribution in [0.5, 0.6) is 0 Å². The van der Waals surface area contributed by atoms with Crippen LogP contribution in [0.3, 0.4) is 0 Å². The molecule has 0 fully saturated rings. The highest BCUT2D eigenvalue weighted by Crippen LogP contribution is 2.31. The van der Waals surface area contributed by atoms with E-state index in [2.05, 4.69) is 5.32 Å². The molecule has 0 aliphatic rings. The van der Waals surface area contributed by atoms with E-state index in [1.165, 1.54) is 19.1 Å². The second kappa shape index (κ2) is 8.24. The minimum atomic E-state index is -4.53.